The summed E-state index contributed by atoms with van der Waals surface area (Å²) in [6, 6.07) is 15.1. The number of hydrogen-bond acceptors (Lipinski definition) is 3. The van der Waals surface area contributed by atoms with E-state index in [1.165, 1.54) is 10.5 Å². The molecule has 2 aliphatic rings. The van der Waals surface area contributed by atoms with Crippen LogP contribution in [0.5, 0.6) is 0 Å². The highest BCUT2D eigenvalue weighted by atomic mass is 35.5. The Labute approximate surface area is 171 Å². The standard InChI is InChI=1S/C23H25ClN2O2/c1-2-25-13-11-23(12-14-25,15-17-7-9-18(24)10-8-17)16-26-21(27)19-5-3-4-6-20(19)22(26)28/h3-10H,2,11-16H2,1H3. The normalized spacial score (nSPS) is 19.1. The molecular formula is C23H25ClN2O2. The molecule has 4 rings (SSSR count). The van der Waals surface area contributed by atoms with Gasteiger partial charge in [0.1, 0.15) is 0 Å². The number of carbonyl (C=O) groups excluding carboxylic acids is 2. The number of imide groups is 1. The van der Waals surface area contributed by atoms with Crippen molar-refractivity contribution in [2.75, 3.05) is 26.2 Å². The molecule has 28 heavy (non-hydrogen) atoms. The molecule has 0 radical (unpaired) electrons. The Morgan fingerprint density at radius 1 is 0.929 bits per heavy atom. The maximum absolute atomic E-state index is 12.9. The lowest BCUT2D eigenvalue weighted by Gasteiger charge is -2.43. The van der Waals surface area contributed by atoms with E-state index in [2.05, 4.69) is 24.0 Å². The molecule has 1 saturated heterocycles. The molecule has 2 amide bonds. The smallest absolute Gasteiger partial charge is 0.261 e. The van der Waals surface area contributed by atoms with Gasteiger partial charge >= 0.3 is 0 Å². The largest absolute Gasteiger partial charge is 0.304 e. The molecule has 2 aliphatic heterocycles. The number of fused-ring (bicyclic) bond motifs is 1. The third-order valence-electron chi connectivity index (χ3n) is 6.23. The summed E-state index contributed by atoms with van der Waals surface area (Å²) in [7, 11) is 0. The second-order valence-electron chi connectivity index (χ2n) is 7.98. The molecule has 2 aromatic rings. The van der Waals surface area contributed by atoms with Crippen molar-refractivity contribution < 1.29 is 9.59 Å². The SMILES string of the molecule is CCN1CCC(Cc2ccc(Cl)cc2)(CN2C(=O)c3ccccc3C2=O)CC1. The summed E-state index contributed by atoms with van der Waals surface area (Å²) < 4.78 is 0. The molecule has 2 aromatic carbocycles. The molecule has 0 bridgehead atoms. The van der Waals surface area contributed by atoms with Gasteiger partial charge < -0.3 is 4.90 Å². The summed E-state index contributed by atoms with van der Waals surface area (Å²) in [5.41, 5.74) is 2.15. The second kappa shape index (κ2) is 7.69. The first kappa shape index (κ1) is 19.2. The molecule has 1 fully saturated rings. The van der Waals surface area contributed by atoms with Gasteiger partial charge in [-0.15, -0.1) is 0 Å². The van der Waals surface area contributed by atoms with Gasteiger partial charge in [-0.2, -0.15) is 0 Å². The third kappa shape index (κ3) is 3.59. The zero-order valence-electron chi connectivity index (χ0n) is 16.2. The van der Waals surface area contributed by atoms with Gasteiger partial charge in [0.2, 0.25) is 0 Å². The number of hydrogen-bond donors (Lipinski definition) is 0. The maximum Gasteiger partial charge on any atom is 0.261 e. The Hall–Kier alpha value is -2.17. The molecule has 4 nitrogen and oxygen atoms in total. The van der Waals surface area contributed by atoms with Crippen molar-refractivity contribution in [1.82, 2.24) is 9.80 Å². The summed E-state index contributed by atoms with van der Waals surface area (Å²) >= 11 is 6.05. The van der Waals surface area contributed by atoms with Crippen LogP contribution in [0, 0.1) is 5.41 Å². The number of nitrogens with zero attached hydrogens (tertiary/aromatic N) is 2. The number of piperidine rings is 1. The van der Waals surface area contributed by atoms with E-state index < -0.39 is 0 Å². The molecule has 0 N–H and O–H groups in total. The van der Waals surface area contributed by atoms with Crippen LogP contribution in [0.2, 0.25) is 5.02 Å². The Morgan fingerprint density at radius 2 is 1.50 bits per heavy atom. The molecule has 146 valence electrons. The molecule has 2 heterocycles. The first-order valence-electron chi connectivity index (χ1n) is 9.93. The van der Waals surface area contributed by atoms with Gasteiger partial charge in [0, 0.05) is 11.6 Å². The van der Waals surface area contributed by atoms with Crippen LogP contribution in [0.4, 0.5) is 0 Å². The lowest BCUT2D eigenvalue weighted by atomic mass is 9.73. The highest BCUT2D eigenvalue weighted by Gasteiger charge is 2.43. The first-order chi connectivity index (χ1) is 13.5. The number of carbonyl (C=O) groups is 2. The van der Waals surface area contributed by atoms with Crippen molar-refractivity contribution in [1.29, 1.82) is 0 Å². The quantitative estimate of drug-likeness (QED) is 0.708. The zero-order valence-corrected chi connectivity index (χ0v) is 16.9. The van der Waals surface area contributed by atoms with E-state index in [1.54, 1.807) is 12.1 Å². The van der Waals surface area contributed by atoms with E-state index in [-0.39, 0.29) is 17.2 Å². The van der Waals surface area contributed by atoms with Crippen LogP contribution in [0.3, 0.4) is 0 Å². The topological polar surface area (TPSA) is 40.6 Å². The molecular weight excluding hydrogens is 372 g/mol. The van der Waals surface area contributed by atoms with Crippen LogP contribution >= 0.6 is 11.6 Å². The lowest BCUT2D eigenvalue weighted by molar-refractivity contribution is 0.0428. The molecule has 0 spiro atoms. The van der Waals surface area contributed by atoms with E-state index in [4.69, 9.17) is 11.6 Å². The first-order valence-corrected chi connectivity index (χ1v) is 10.3. The minimum absolute atomic E-state index is 0.104. The van der Waals surface area contributed by atoms with Crippen LogP contribution in [0.15, 0.2) is 48.5 Å². The molecule has 5 heteroatoms. The van der Waals surface area contributed by atoms with E-state index in [0.29, 0.717) is 17.7 Å². The van der Waals surface area contributed by atoms with Gasteiger partial charge in [0.15, 0.2) is 0 Å². The lowest BCUT2D eigenvalue weighted by Crippen LogP contribution is -2.48. The Balaban J connectivity index is 1.60. The third-order valence-corrected chi connectivity index (χ3v) is 6.48. The Morgan fingerprint density at radius 3 is 2.04 bits per heavy atom. The van der Waals surface area contributed by atoms with Gasteiger partial charge in [-0.3, -0.25) is 14.5 Å². The van der Waals surface area contributed by atoms with Crippen molar-refractivity contribution >= 4 is 23.4 Å². The van der Waals surface area contributed by atoms with E-state index in [9.17, 15) is 9.59 Å². The van der Waals surface area contributed by atoms with Crippen molar-refractivity contribution in [3.05, 3.63) is 70.2 Å². The Bertz CT molecular complexity index is 851. The van der Waals surface area contributed by atoms with Crippen molar-refractivity contribution in [2.24, 2.45) is 5.41 Å². The molecule has 0 atom stereocenters. The molecule has 0 aliphatic carbocycles. The van der Waals surface area contributed by atoms with Crippen LogP contribution < -0.4 is 0 Å². The van der Waals surface area contributed by atoms with E-state index in [1.807, 2.05) is 24.3 Å². The van der Waals surface area contributed by atoms with Gasteiger partial charge in [0.05, 0.1) is 11.1 Å². The fourth-order valence-electron chi connectivity index (χ4n) is 4.49. The predicted octanol–water partition coefficient (Wildman–Crippen LogP) is 4.28. The zero-order chi connectivity index (χ0) is 19.7. The number of likely N-dealkylation sites (tertiary alicyclic amines) is 1. The fraction of sp³-hybridized carbons (Fsp3) is 0.391. The van der Waals surface area contributed by atoms with Crippen LogP contribution in [0.1, 0.15) is 46.0 Å². The summed E-state index contributed by atoms with van der Waals surface area (Å²) in [5.74, 6) is -0.317. The van der Waals surface area contributed by atoms with Crippen LogP contribution in [-0.2, 0) is 6.42 Å². The average molecular weight is 397 g/mol. The number of amides is 2. The van der Waals surface area contributed by atoms with Crippen molar-refractivity contribution in [2.45, 2.75) is 26.2 Å². The van der Waals surface area contributed by atoms with E-state index in [0.717, 1.165) is 43.9 Å². The minimum Gasteiger partial charge on any atom is -0.304 e. The van der Waals surface area contributed by atoms with Gasteiger partial charge in [-0.1, -0.05) is 42.8 Å². The minimum atomic E-state index is -0.158. The number of halogens is 1. The number of benzene rings is 2. The van der Waals surface area contributed by atoms with Gasteiger partial charge in [-0.05, 0) is 74.1 Å². The molecule has 0 unspecified atom stereocenters. The van der Waals surface area contributed by atoms with E-state index >= 15 is 0 Å². The fourth-order valence-corrected chi connectivity index (χ4v) is 4.61. The van der Waals surface area contributed by atoms with Crippen molar-refractivity contribution in [3.8, 4) is 0 Å². The highest BCUT2D eigenvalue weighted by Crippen LogP contribution is 2.38. The second-order valence-corrected chi connectivity index (χ2v) is 8.42. The summed E-state index contributed by atoms with van der Waals surface area (Å²) in [5, 5.41) is 0.721. The maximum atomic E-state index is 12.9. The van der Waals surface area contributed by atoms with Gasteiger partial charge in [-0.25, -0.2) is 0 Å². The summed E-state index contributed by atoms with van der Waals surface area (Å²) in [6.07, 6.45) is 2.78. The molecule has 0 aromatic heterocycles. The monoisotopic (exact) mass is 396 g/mol. The van der Waals surface area contributed by atoms with Gasteiger partial charge in [0.25, 0.3) is 11.8 Å². The molecule has 0 saturated carbocycles. The highest BCUT2D eigenvalue weighted by molar-refractivity contribution is 6.30. The Kier molecular flexibility index (Phi) is 5.26. The average Bonchev–Trinajstić information content (AvgIpc) is 2.95. The van der Waals surface area contributed by atoms with Crippen molar-refractivity contribution in [3.63, 3.8) is 0 Å². The predicted molar refractivity (Wildman–Crippen MR) is 111 cm³/mol. The number of rotatable bonds is 5. The van der Waals surface area contributed by atoms with Crippen LogP contribution in [-0.4, -0.2) is 47.8 Å². The summed E-state index contributed by atoms with van der Waals surface area (Å²) in [4.78, 5) is 29.7. The van der Waals surface area contributed by atoms with Crippen LogP contribution in [0.25, 0.3) is 0 Å². The summed E-state index contributed by atoms with van der Waals surface area (Å²) in [6.45, 7) is 5.67.